The highest BCUT2D eigenvalue weighted by Gasteiger charge is 2.17. The molecule has 4 aromatic heterocycles. The van der Waals surface area contributed by atoms with Gasteiger partial charge in [0.2, 0.25) is 0 Å². The third-order valence-electron chi connectivity index (χ3n) is 5.93. The molecule has 9 heteroatoms. The van der Waals surface area contributed by atoms with E-state index in [2.05, 4.69) is 42.2 Å². The molecule has 1 aliphatic rings. The van der Waals surface area contributed by atoms with Gasteiger partial charge in [-0.2, -0.15) is 5.10 Å². The first-order chi connectivity index (χ1) is 16.1. The lowest BCUT2D eigenvalue weighted by Gasteiger charge is -2.33. The van der Waals surface area contributed by atoms with Crippen LogP contribution < -0.4 is 10.2 Å². The molecule has 0 saturated carbocycles. The number of pyridine rings is 3. The number of carbonyl (C=O) groups is 1. The number of aryl methyl sites for hydroxylation is 1. The number of likely N-dealkylation sites (N-methyl/N-ethyl adjacent to an activating group) is 1. The fourth-order valence-electron chi connectivity index (χ4n) is 3.90. The summed E-state index contributed by atoms with van der Waals surface area (Å²) in [4.78, 5) is 30.8. The Kier molecular flexibility index (Phi) is 5.70. The Labute approximate surface area is 192 Å². The number of carbonyl (C=O) groups excluding carboxylic acids is 1. The van der Waals surface area contributed by atoms with Gasteiger partial charge in [-0.3, -0.25) is 14.5 Å². The molecule has 4 aromatic rings. The number of aromatic nitrogens is 5. The highest BCUT2D eigenvalue weighted by molar-refractivity contribution is 6.04. The predicted octanol–water partition coefficient (Wildman–Crippen LogP) is 2.91. The van der Waals surface area contributed by atoms with Crippen molar-refractivity contribution in [1.29, 1.82) is 0 Å². The van der Waals surface area contributed by atoms with E-state index < -0.39 is 0 Å². The van der Waals surface area contributed by atoms with E-state index in [0.29, 0.717) is 11.4 Å². The van der Waals surface area contributed by atoms with Crippen LogP contribution in [0.5, 0.6) is 0 Å². The molecule has 5 heterocycles. The van der Waals surface area contributed by atoms with Crippen molar-refractivity contribution >= 4 is 28.4 Å². The van der Waals surface area contributed by atoms with Crippen molar-refractivity contribution in [1.82, 2.24) is 29.6 Å². The summed E-state index contributed by atoms with van der Waals surface area (Å²) in [7, 11) is 2.11. The van der Waals surface area contributed by atoms with Crippen LogP contribution in [0.2, 0.25) is 0 Å². The fourth-order valence-corrected chi connectivity index (χ4v) is 3.90. The molecule has 33 heavy (non-hydrogen) atoms. The minimum absolute atomic E-state index is 0.215. The molecule has 5 rings (SSSR count). The molecule has 0 spiro atoms. The van der Waals surface area contributed by atoms with Gasteiger partial charge in [0.05, 0.1) is 17.9 Å². The summed E-state index contributed by atoms with van der Waals surface area (Å²) in [5.41, 5.74) is 3.29. The number of hydrogen-bond donors (Lipinski definition) is 1. The van der Waals surface area contributed by atoms with E-state index in [4.69, 9.17) is 0 Å². The summed E-state index contributed by atoms with van der Waals surface area (Å²) >= 11 is 0. The quantitative estimate of drug-likeness (QED) is 0.508. The number of piperazine rings is 1. The second-order valence-corrected chi connectivity index (χ2v) is 8.22. The van der Waals surface area contributed by atoms with E-state index in [9.17, 15) is 4.79 Å². The zero-order chi connectivity index (χ0) is 22.8. The van der Waals surface area contributed by atoms with Crippen molar-refractivity contribution in [3.8, 4) is 11.1 Å². The molecule has 1 aliphatic heterocycles. The number of nitrogens with one attached hydrogen (secondary N) is 1. The largest absolute Gasteiger partial charge is 0.354 e. The zero-order valence-corrected chi connectivity index (χ0v) is 18.8. The Morgan fingerprint density at radius 3 is 2.64 bits per heavy atom. The Morgan fingerprint density at radius 2 is 1.85 bits per heavy atom. The maximum atomic E-state index is 12.9. The second-order valence-electron chi connectivity index (χ2n) is 8.22. The number of fused-ring (bicyclic) bond motifs is 1. The molecule has 0 unspecified atom stereocenters. The summed E-state index contributed by atoms with van der Waals surface area (Å²) in [5.74, 6) is 1.09. The summed E-state index contributed by atoms with van der Waals surface area (Å²) in [6, 6.07) is 7.44. The lowest BCUT2D eigenvalue weighted by molar-refractivity contribution is 0.102. The van der Waals surface area contributed by atoms with E-state index in [1.54, 1.807) is 18.5 Å². The molecule has 1 amide bonds. The molecule has 0 radical (unpaired) electrons. The first kappa shape index (κ1) is 21.0. The normalized spacial score (nSPS) is 14.5. The minimum atomic E-state index is -0.215. The second kappa shape index (κ2) is 8.95. The van der Waals surface area contributed by atoms with Gasteiger partial charge in [-0.05, 0) is 38.2 Å². The molecular formula is C24H26N8O. The molecule has 1 saturated heterocycles. The first-order valence-corrected chi connectivity index (χ1v) is 11.1. The van der Waals surface area contributed by atoms with Gasteiger partial charge in [-0.1, -0.05) is 0 Å². The highest BCUT2D eigenvalue weighted by atomic mass is 16.1. The maximum absolute atomic E-state index is 12.9. The standard InChI is InChI=1S/C24H26N8O/c1-3-32-16-20(14-28-32)19-10-18-11-22(27-15-21(18)26-13-19)29-24(33)17-4-5-25-23(12-17)31-8-6-30(2)7-9-31/h4-5,10-16H,3,6-9H2,1-2H3,(H,27,29,33). The van der Waals surface area contributed by atoms with Crippen LogP contribution in [0.25, 0.3) is 22.0 Å². The van der Waals surface area contributed by atoms with Crippen LogP contribution in [-0.4, -0.2) is 68.8 Å². The fraction of sp³-hybridized carbons (Fsp3) is 0.292. The van der Waals surface area contributed by atoms with Gasteiger partial charge < -0.3 is 15.1 Å². The van der Waals surface area contributed by atoms with Crippen LogP contribution >= 0.6 is 0 Å². The lowest BCUT2D eigenvalue weighted by Crippen LogP contribution is -2.44. The number of rotatable bonds is 5. The monoisotopic (exact) mass is 442 g/mol. The third-order valence-corrected chi connectivity index (χ3v) is 5.93. The van der Waals surface area contributed by atoms with E-state index in [1.165, 1.54) is 0 Å². The summed E-state index contributed by atoms with van der Waals surface area (Å²) < 4.78 is 1.88. The Bertz CT molecular complexity index is 1290. The average Bonchev–Trinajstić information content (AvgIpc) is 3.34. The maximum Gasteiger partial charge on any atom is 0.257 e. The molecule has 1 fully saturated rings. The molecular weight excluding hydrogens is 416 g/mol. The van der Waals surface area contributed by atoms with Gasteiger partial charge in [0.15, 0.2) is 0 Å². The van der Waals surface area contributed by atoms with Gasteiger partial charge >= 0.3 is 0 Å². The molecule has 0 aliphatic carbocycles. The van der Waals surface area contributed by atoms with Crippen molar-refractivity contribution in [3.05, 3.63) is 60.8 Å². The number of nitrogens with zero attached hydrogens (tertiary/aromatic N) is 7. The van der Waals surface area contributed by atoms with Crippen molar-refractivity contribution < 1.29 is 4.79 Å². The summed E-state index contributed by atoms with van der Waals surface area (Å²) in [5, 5.41) is 8.14. The van der Waals surface area contributed by atoms with Gasteiger partial charge in [0, 0.05) is 73.4 Å². The van der Waals surface area contributed by atoms with E-state index >= 15 is 0 Å². The average molecular weight is 443 g/mol. The van der Waals surface area contributed by atoms with Crippen molar-refractivity contribution in [2.24, 2.45) is 0 Å². The van der Waals surface area contributed by atoms with Crippen LogP contribution in [-0.2, 0) is 6.54 Å². The summed E-state index contributed by atoms with van der Waals surface area (Å²) in [6.07, 6.45) is 9.00. The van der Waals surface area contributed by atoms with E-state index in [1.807, 2.05) is 48.4 Å². The zero-order valence-electron chi connectivity index (χ0n) is 18.8. The molecule has 168 valence electrons. The van der Waals surface area contributed by atoms with Crippen LogP contribution in [0.4, 0.5) is 11.6 Å². The van der Waals surface area contributed by atoms with Crippen LogP contribution in [0.1, 0.15) is 17.3 Å². The highest BCUT2D eigenvalue weighted by Crippen LogP contribution is 2.24. The van der Waals surface area contributed by atoms with Crippen LogP contribution in [0.3, 0.4) is 0 Å². The SMILES string of the molecule is CCn1cc(-c2cnc3cnc(NC(=O)c4ccnc(N5CCN(C)CC5)c4)cc3c2)cn1. The number of anilines is 2. The van der Waals surface area contributed by atoms with Crippen LogP contribution in [0.15, 0.2) is 55.2 Å². The molecule has 0 aromatic carbocycles. The van der Waals surface area contributed by atoms with Crippen molar-refractivity contribution in [3.63, 3.8) is 0 Å². The molecule has 0 bridgehead atoms. The summed E-state index contributed by atoms with van der Waals surface area (Å²) in [6.45, 7) is 6.61. The molecule has 1 N–H and O–H groups in total. The molecule has 0 atom stereocenters. The van der Waals surface area contributed by atoms with Gasteiger partial charge in [-0.15, -0.1) is 0 Å². The van der Waals surface area contributed by atoms with Crippen molar-refractivity contribution in [2.45, 2.75) is 13.5 Å². The van der Waals surface area contributed by atoms with Gasteiger partial charge in [0.25, 0.3) is 5.91 Å². The smallest absolute Gasteiger partial charge is 0.257 e. The van der Waals surface area contributed by atoms with Gasteiger partial charge in [-0.25, -0.2) is 9.97 Å². The lowest BCUT2D eigenvalue weighted by atomic mass is 10.1. The number of amides is 1. The van der Waals surface area contributed by atoms with E-state index in [0.717, 1.165) is 60.6 Å². The topological polar surface area (TPSA) is 92.1 Å². The third kappa shape index (κ3) is 4.54. The van der Waals surface area contributed by atoms with Gasteiger partial charge in [0.1, 0.15) is 11.6 Å². The Balaban J connectivity index is 1.35. The Hall–Kier alpha value is -3.85. The predicted molar refractivity (Wildman–Crippen MR) is 128 cm³/mol. The molecule has 9 nitrogen and oxygen atoms in total. The number of hydrogen-bond acceptors (Lipinski definition) is 7. The van der Waals surface area contributed by atoms with E-state index in [-0.39, 0.29) is 5.91 Å². The van der Waals surface area contributed by atoms with Crippen LogP contribution in [0, 0.1) is 0 Å². The van der Waals surface area contributed by atoms with Crippen molar-refractivity contribution in [2.75, 3.05) is 43.4 Å². The Morgan fingerprint density at radius 1 is 1.00 bits per heavy atom. The first-order valence-electron chi connectivity index (χ1n) is 11.1. The minimum Gasteiger partial charge on any atom is -0.354 e.